The highest BCUT2D eigenvalue weighted by molar-refractivity contribution is 5.91. The van der Waals surface area contributed by atoms with Crippen LogP contribution < -0.4 is 10.6 Å². The lowest BCUT2D eigenvalue weighted by Crippen LogP contribution is -2.33. The first-order valence-electron chi connectivity index (χ1n) is 10.9. The Morgan fingerprint density at radius 1 is 0.909 bits per heavy atom. The summed E-state index contributed by atoms with van der Waals surface area (Å²) in [5.74, 6) is 0.191. The number of nitrogens with one attached hydrogen (secondary N) is 2. The molecule has 1 heterocycles. The van der Waals surface area contributed by atoms with E-state index >= 15 is 0 Å². The Morgan fingerprint density at radius 2 is 1.48 bits per heavy atom. The van der Waals surface area contributed by atoms with E-state index < -0.39 is 0 Å². The third-order valence-corrected chi connectivity index (χ3v) is 5.90. The lowest BCUT2D eigenvalue weighted by atomic mass is 9.92. The number of nitrogens with zero attached hydrogens (tertiary/aromatic N) is 2. The molecular formula is C27H25FN4O. The van der Waals surface area contributed by atoms with E-state index in [0.29, 0.717) is 11.5 Å². The van der Waals surface area contributed by atoms with Crippen molar-refractivity contribution in [1.82, 2.24) is 15.1 Å². The third kappa shape index (κ3) is 3.89. The van der Waals surface area contributed by atoms with Gasteiger partial charge in [0.05, 0.1) is 17.4 Å². The second kappa shape index (κ2) is 7.89. The molecule has 0 unspecified atom stereocenters. The summed E-state index contributed by atoms with van der Waals surface area (Å²) in [4.78, 5) is 13.2. The van der Waals surface area contributed by atoms with Crippen LogP contribution in [-0.4, -0.2) is 15.8 Å². The number of carbonyl (C=O) groups excluding carboxylic acids is 1. The molecule has 5 nitrogen and oxygen atoms in total. The molecule has 166 valence electrons. The molecule has 3 aromatic carbocycles. The maximum Gasteiger partial charge on any atom is 0.321 e. The van der Waals surface area contributed by atoms with Crippen molar-refractivity contribution in [2.75, 3.05) is 5.32 Å². The Morgan fingerprint density at radius 3 is 2.06 bits per heavy atom. The average Bonchev–Trinajstić information content (AvgIpc) is 3.35. The highest BCUT2D eigenvalue weighted by Crippen LogP contribution is 2.43. The number of fused-ring (bicyclic) bond motifs is 3. The van der Waals surface area contributed by atoms with Gasteiger partial charge in [0.25, 0.3) is 0 Å². The Hall–Kier alpha value is -3.93. The van der Waals surface area contributed by atoms with Gasteiger partial charge in [-0.15, -0.1) is 0 Å². The summed E-state index contributed by atoms with van der Waals surface area (Å²) in [5, 5.41) is 10.8. The topological polar surface area (TPSA) is 59.0 Å². The lowest BCUT2D eigenvalue weighted by Gasteiger charge is -2.17. The minimum absolute atomic E-state index is 0.221. The third-order valence-electron chi connectivity index (χ3n) is 5.90. The number of hydrogen-bond donors (Lipinski definition) is 2. The van der Waals surface area contributed by atoms with Gasteiger partial charge < -0.3 is 5.32 Å². The van der Waals surface area contributed by atoms with Crippen molar-refractivity contribution in [1.29, 1.82) is 0 Å². The van der Waals surface area contributed by atoms with Crippen LogP contribution in [0.2, 0.25) is 0 Å². The Bertz CT molecular complexity index is 1290. The van der Waals surface area contributed by atoms with Crippen LogP contribution in [0.4, 0.5) is 15.0 Å². The van der Waals surface area contributed by atoms with Crippen LogP contribution in [0.3, 0.4) is 0 Å². The number of aromatic nitrogens is 2. The molecule has 0 saturated carbocycles. The predicted molar refractivity (Wildman–Crippen MR) is 128 cm³/mol. The van der Waals surface area contributed by atoms with Crippen molar-refractivity contribution in [3.63, 3.8) is 0 Å². The van der Waals surface area contributed by atoms with Crippen LogP contribution in [0.5, 0.6) is 0 Å². The highest BCUT2D eigenvalue weighted by atomic mass is 19.1. The van der Waals surface area contributed by atoms with E-state index in [-0.39, 0.29) is 23.3 Å². The van der Waals surface area contributed by atoms with Gasteiger partial charge in [-0.2, -0.15) is 5.10 Å². The molecule has 5 rings (SSSR count). The summed E-state index contributed by atoms with van der Waals surface area (Å²) in [5.41, 5.74) is 5.65. The highest BCUT2D eigenvalue weighted by Gasteiger charge is 2.29. The molecule has 4 aromatic rings. The fraction of sp³-hybridized carbons (Fsp3) is 0.185. The lowest BCUT2D eigenvalue weighted by molar-refractivity contribution is 0.250. The van der Waals surface area contributed by atoms with Crippen LogP contribution in [0.1, 0.15) is 43.6 Å². The molecule has 2 N–H and O–H groups in total. The summed E-state index contributed by atoms with van der Waals surface area (Å²) in [7, 11) is 0. The number of benzene rings is 3. The quantitative estimate of drug-likeness (QED) is 0.398. The Kier molecular flexibility index (Phi) is 5.01. The molecule has 0 spiro atoms. The number of amides is 2. The second-order valence-corrected chi connectivity index (χ2v) is 9.26. The number of anilines is 1. The first-order chi connectivity index (χ1) is 15.8. The molecule has 0 aliphatic heterocycles. The van der Waals surface area contributed by atoms with Gasteiger partial charge in [-0.25, -0.2) is 13.9 Å². The maximum absolute atomic E-state index is 13.5. The van der Waals surface area contributed by atoms with Crippen LogP contribution >= 0.6 is 0 Å². The van der Waals surface area contributed by atoms with Gasteiger partial charge in [-0.1, -0.05) is 69.3 Å². The van der Waals surface area contributed by atoms with Crippen molar-refractivity contribution < 1.29 is 9.18 Å². The van der Waals surface area contributed by atoms with Crippen molar-refractivity contribution in [3.8, 4) is 16.8 Å². The first kappa shape index (κ1) is 20.9. The van der Waals surface area contributed by atoms with Crippen LogP contribution in [0.25, 0.3) is 16.8 Å². The molecular weight excluding hydrogens is 415 g/mol. The number of hydrogen-bond acceptors (Lipinski definition) is 2. The standard InChI is InChI=1S/C27H25FN4O/c1-27(2,3)23-16-24(32(31-23)18-14-12-17(28)13-15-18)29-26(33)30-25-21-10-6-4-8-19(21)20-9-5-7-11-22(20)25/h4-16,25H,1-3H3,(H2,29,30,33). The van der Waals surface area contributed by atoms with Crippen molar-refractivity contribution in [2.45, 2.75) is 32.2 Å². The smallest absolute Gasteiger partial charge is 0.321 e. The SMILES string of the molecule is CC(C)(C)c1cc(NC(=O)NC2c3ccccc3-c3ccccc32)n(-c2ccc(F)cc2)n1. The molecule has 0 bridgehead atoms. The monoisotopic (exact) mass is 440 g/mol. The minimum Gasteiger partial charge on any atom is -0.327 e. The predicted octanol–water partition coefficient (Wildman–Crippen LogP) is 6.20. The number of urea groups is 1. The summed E-state index contributed by atoms with van der Waals surface area (Å²) < 4.78 is 15.1. The van der Waals surface area contributed by atoms with E-state index in [1.54, 1.807) is 16.8 Å². The summed E-state index contributed by atoms with van der Waals surface area (Å²) in [6, 6.07) is 23.5. The Labute approximate surface area is 192 Å². The van der Waals surface area contributed by atoms with Gasteiger partial charge >= 0.3 is 6.03 Å². The largest absolute Gasteiger partial charge is 0.327 e. The van der Waals surface area contributed by atoms with Crippen molar-refractivity contribution >= 4 is 11.8 Å². The molecule has 2 amide bonds. The van der Waals surface area contributed by atoms with Crippen LogP contribution in [0.15, 0.2) is 78.9 Å². The average molecular weight is 441 g/mol. The number of rotatable bonds is 3. The minimum atomic E-state index is -0.338. The zero-order valence-electron chi connectivity index (χ0n) is 18.8. The first-order valence-corrected chi connectivity index (χ1v) is 10.9. The maximum atomic E-state index is 13.5. The fourth-order valence-corrected chi connectivity index (χ4v) is 4.21. The molecule has 33 heavy (non-hydrogen) atoms. The zero-order valence-corrected chi connectivity index (χ0v) is 18.8. The Balaban J connectivity index is 1.46. The number of halogens is 1. The summed E-state index contributed by atoms with van der Waals surface area (Å²) in [6.45, 7) is 6.17. The van der Waals surface area contributed by atoms with Gasteiger partial charge in [0.2, 0.25) is 0 Å². The van der Waals surface area contributed by atoms with Gasteiger partial charge in [-0.3, -0.25) is 5.32 Å². The van der Waals surface area contributed by atoms with Gasteiger partial charge in [-0.05, 0) is 46.5 Å². The summed E-state index contributed by atoms with van der Waals surface area (Å²) >= 11 is 0. The van der Waals surface area contributed by atoms with E-state index in [4.69, 9.17) is 0 Å². The van der Waals surface area contributed by atoms with E-state index in [9.17, 15) is 9.18 Å². The second-order valence-electron chi connectivity index (χ2n) is 9.26. The molecule has 1 aromatic heterocycles. The van der Waals surface area contributed by atoms with Crippen molar-refractivity contribution in [2.24, 2.45) is 0 Å². The zero-order chi connectivity index (χ0) is 23.2. The van der Waals surface area contributed by atoms with Crippen molar-refractivity contribution in [3.05, 3.63) is 102 Å². The fourth-order valence-electron chi connectivity index (χ4n) is 4.21. The van der Waals surface area contributed by atoms with Crippen LogP contribution in [0, 0.1) is 5.82 Å². The van der Waals surface area contributed by atoms with E-state index in [0.717, 1.165) is 27.9 Å². The molecule has 0 radical (unpaired) electrons. The molecule has 1 aliphatic rings. The van der Waals surface area contributed by atoms with E-state index in [2.05, 4.69) is 48.6 Å². The van der Waals surface area contributed by atoms with E-state index in [1.807, 2.05) is 42.5 Å². The molecule has 0 atom stereocenters. The molecule has 6 heteroatoms. The van der Waals surface area contributed by atoms with Crippen LogP contribution in [-0.2, 0) is 5.41 Å². The normalized spacial score (nSPS) is 12.8. The molecule has 0 saturated heterocycles. The molecule has 0 fully saturated rings. The van der Waals surface area contributed by atoms with Gasteiger partial charge in [0.1, 0.15) is 11.6 Å². The summed E-state index contributed by atoms with van der Waals surface area (Å²) in [6.07, 6.45) is 0. The van der Waals surface area contributed by atoms with E-state index in [1.165, 1.54) is 12.1 Å². The molecule has 1 aliphatic carbocycles. The van der Waals surface area contributed by atoms with Gasteiger partial charge in [0.15, 0.2) is 0 Å². The number of carbonyl (C=O) groups is 1. The van der Waals surface area contributed by atoms with Gasteiger partial charge in [0, 0.05) is 11.5 Å².